The van der Waals surface area contributed by atoms with Crippen LogP contribution in [-0.4, -0.2) is 30.6 Å². The zero-order chi connectivity index (χ0) is 11.4. The molecule has 0 aliphatic carbocycles. The number of hydrogen-bond donors (Lipinski definition) is 0. The molecule has 1 aliphatic rings. The molecule has 0 saturated carbocycles. The fourth-order valence-electron chi connectivity index (χ4n) is 1.97. The highest BCUT2D eigenvalue weighted by Gasteiger charge is 2.22. The fourth-order valence-corrected chi connectivity index (χ4v) is 2.35. The molecule has 0 radical (unpaired) electrons. The van der Waals surface area contributed by atoms with Gasteiger partial charge in [-0.3, -0.25) is 4.90 Å². The number of halogens is 1. The lowest BCUT2D eigenvalue weighted by Crippen LogP contribution is -2.24. The second-order valence-electron chi connectivity index (χ2n) is 4.03. The average molecular weight is 282 g/mol. The smallest absolute Gasteiger partial charge is 0.120 e. The van der Waals surface area contributed by atoms with Gasteiger partial charge in [-0.15, -0.1) is 6.58 Å². The van der Waals surface area contributed by atoms with E-state index in [9.17, 15) is 0 Å². The van der Waals surface area contributed by atoms with E-state index in [0.29, 0.717) is 6.10 Å². The predicted octanol–water partition coefficient (Wildman–Crippen LogP) is 3.09. The van der Waals surface area contributed by atoms with Crippen molar-refractivity contribution in [3.63, 3.8) is 0 Å². The zero-order valence-electron chi connectivity index (χ0n) is 9.23. The molecule has 1 atom stereocenters. The zero-order valence-corrected chi connectivity index (χ0v) is 10.8. The Kier molecular flexibility index (Phi) is 4.02. The van der Waals surface area contributed by atoms with E-state index in [1.165, 1.54) is 0 Å². The molecule has 0 aromatic heterocycles. The minimum absolute atomic E-state index is 0.314. The van der Waals surface area contributed by atoms with E-state index in [-0.39, 0.29) is 0 Å². The summed E-state index contributed by atoms with van der Waals surface area (Å²) in [4.78, 5) is 2.36. The maximum Gasteiger partial charge on any atom is 0.120 e. The van der Waals surface area contributed by atoms with Gasteiger partial charge in [-0.2, -0.15) is 0 Å². The first-order valence-corrected chi connectivity index (χ1v) is 6.32. The Morgan fingerprint density at radius 1 is 1.56 bits per heavy atom. The third kappa shape index (κ3) is 3.09. The van der Waals surface area contributed by atoms with Gasteiger partial charge < -0.3 is 4.74 Å². The van der Waals surface area contributed by atoms with E-state index < -0.39 is 0 Å². The van der Waals surface area contributed by atoms with E-state index in [1.54, 1.807) is 0 Å². The molecule has 1 aromatic rings. The molecule has 16 heavy (non-hydrogen) atoms. The lowest BCUT2D eigenvalue weighted by molar-refractivity contribution is 0.204. The van der Waals surface area contributed by atoms with Crippen LogP contribution in [0.4, 0.5) is 0 Å². The van der Waals surface area contributed by atoms with Crippen LogP contribution in [0.15, 0.2) is 41.4 Å². The van der Waals surface area contributed by atoms with Crippen LogP contribution in [0.2, 0.25) is 0 Å². The second-order valence-corrected chi connectivity index (χ2v) is 4.95. The highest BCUT2D eigenvalue weighted by atomic mass is 79.9. The molecule has 1 aromatic carbocycles. The van der Waals surface area contributed by atoms with Gasteiger partial charge in [0.05, 0.1) is 0 Å². The number of benzene rings is 1. The van der Waals surface area contributed by atoms with E-state index in [4.69, 9.17) is 4.74 Å². The minimum atomic E-state index is 0.314. The van der Waals surface area contributed by atoms with Gasteiger partial charge in [-0.25, -0.2) is 0 Å². The van der Waals surface area contributed by atoms with Gasteiger partial charge in [0.25, 0.3) is 0 Å². The quantitative estimate of drug-likeness (QED) is 0.787. The van der Waals surface area contributed by atoms with Gasteiger partial charge in [0.15, 0.2) is 0 Å². The van der Waals surface area contributed by atoms with Crippen LogP contribution in [0.5, 0.6) is 5.75 Å². The van der Waals surface area contributed by atoms with Crippen LogP contribution in [0.1, 0.15) is 6.42 Å². The minimum Gasteiger partial charge on any atom is -0.489 e. The molecule has 1 unspecified atom stereocenters. The molecule has 2 rings (SSSR count). The van der Waals surface area contributed by atoms with E-state index in [0.717, 1.165) is 36.3 Å². The van der Waals surface area contributed by atoms with Gasteiger partial charge in [0.1, 0.15) is 11.9 Å². The van der Waals surface area contributed by atoms with Crippen LogP contribution in [0.3, 0.4) is 0 Å². The van der Waals surface area contributed by atoms with Gasteiger partial charge in [-0.1, -0.05) is 28.1 Å². The lowest BCUT2D eigenvalue weighted by atomic mass is 10.3. The lowest BCUT2D eigenvalue weighted by Gasteiger charge is -2.15. The van der Waals surface area contributed by atoms with Gasteiger partial charge in [-0.05, 0) is 24.6 Å². The Balaban J connectivity index is 1.89. The Hall–Kier alpha value is -0.800. The number of likely N-dealkylation sites (tertiary alicyclic amines) is 1. The third-order valence-corrected chi connectivity index (χ3v) is 3.21. The molecule has 2 nitrogen and oxygen atoms in total. The summed E-state index contributed by atoms with van der Waals surface area (Å²) >= 11 is 3.44. The van der Waals surface area contributed by atoms with Gasteiger partial charge in [0.2, 0.25) is 0 Å². The van der Waals surface area contributed by atoms with E-state index in [2.05, 4.69) is 27.4 Å². The van der Waals surface area contributed by atoms with Crippen molar-refractivity contribution >= 4 is 15.9 Å². The largest absolute Gasteiger partial charge is 0.489 e. The average Bonchev–Trinajstić information content (AvgIpc) is 2.66. The molecule has 0 spiro atoms. The summed E-state index contributed by atoms with van der Waals surface area (Å²) in [7, 11) is 0. The van der Waals surface area contributed by atoms with E-state index >= 15 is 0 Å². The third-order valence-electron chi connectivity index (χ3n) is 2.72. The molecule has 1 heterocycles. The van der Waals surface area contributed by atoms with Crippen molar-refractivity contribution in [2.45, 2.75) is 12.5 Å². The van der Waals surface area contributed by atoms with Crippen molar-refractivity contribution in [1.29, 1.82) is 0 Å². The summed E-state index contributed by atoms with van der Waals surface area (Å²) < 4.78 is 6.99. The van der Waals surface area contributed by atoms with Crippen molar-refractivity contribution in [2.24, 2.45) is 0 Å². The van der Waals surface area contributed by atoms with Gasteiger partial charge in [0, 0.05) is 24.1 Å². The highest BCUT2D eigenvalue weighted by molar-refractivity contribution is 9.10. The fraction of sp³-hybridized carbons (Fsp3) is 0.385. The monoisotopic (exact) mass is 281 g/mol. The highest BCUT2D eigenvalue weighted by Crippen LogP contribution is 2.21. The summed E-state index contributed by atoms with van der Waals surface area (Å²) in [5.41, 5.74) is 0. The Morgan fingerprint density at radius 3 is 3.19 bits per heavy atom. The van der Waals surface area contributed by atoms with Crippen LogP contribution < -0.4 is 4.74 Å². The predicted molar refractivity (Wildman–Crippen MR) is 69.8 cm³/mol. The molecular formula is C13H16BrNO. The Labute approximate surface area is 105 Å². The maximum absolute atomic E-state index is 5.93. The molecule has 1 saturated heterocycles. The molecule has 0 N–H and O–H groups in total. The summed E-state index contributed by atoms with van der Waals surface area (Å²) in [6.45, 7) is 6.81. The number of ether oxygens (including phenoxy) is 1. The SMILES string of the molecule is C=CCN1CCC(Oc2cccc(Br)c2)C1. The van der Waals surface area contributed by atoms with Crippen molar-refractivity contribution in [3.8, 4) is 5.75 Å². The topological polar surface area (TPSA) is 12.5 Å². The number of rotatable bonds is 4. The summed E-state index contributed by atoms with van der Waals surface area (Å²) in [6.07, 6.45) is 3.36. The van der Waals surface area contributed by atoms with Crippen molar-refractivity contribution in [2.75, 3.05) is 19.6 Å². The summed E-state index contributed by atoms with van der Waals surface area (Å²) in [5, 5.41) is 0. The Morgan fingerprint density at radius 2 is 2.44 bits per heavy atom. The van der Waals surface area contributed by atoms with Crippen LogP contribution in [0, 0.1) is 0 Å². The molecule has 0 bridgehead atoms. The molecule has 86 valence electrons. The molecule has 3 heteroatoms. The molecule has 1 aliphatic heterocycles. The molecule has 1 fully saturated rings. The van der Waals surface area contributed by atoms with Crippen molar-refractivity contribution < 1.29 is 4.74 Å². The Bertz CT molecular complexity index is 367. The first-order valence-electron chi connectivity index (χ1n) is 5.53. The van der Waals surface area contributed by atoms with Crippen LogP contribution >= 0.6 is 15.9 Å². The van der Waals surface area contributed by atoms with Crippen LogP contribution in [0.25, 0.3) is 0 Å². The van der Waals surface area contributed by atoms with Crippen molar-refractivity contribution in [1.82, 2.24) is 4.90 Å². The van der Waals surface area contributed by atoms with Gasteiger partial charge >= 0.3 is 0 Å². The second kappa shape index (κ2) is 5.51. The number of hydrogen-bond acceptors (Lipinski definition) is 2. The van der Waals surface area contributed by atoms with Crippen LogP contribution in [-0.2, 0) is 0 Å². The standard InChI is InChI=1S/C13H16BrNO/c1-2-7-15-8-6-13(10-15)16-12-5-3-4-11(14)9-12/h2-5,9,13H,1,6-8,10H2. The summed E-state index contributed by atoms with van der Waals surface area (Å²) in [6, 6.07) is 8.01. The number of nitrogens with zero attached hydrogens (tertiary/aromatic N) is 1. The first-order chi connectivity index (χ1) is 7.78. The van der Waals surface area contributed by atoms with Crippen molar-refractivity contribution in [3.05, 3.63) is 41.4 Å². The maximum atomic E-state index is 5.93. The first kappa shape index (κ1) is 11.7. The molecular weight excluding hydrogens is 266 g/mol. The van der Waals surface area contributed by atoms with E-state index in [1.807, 2.05) is 30.3 Å². The summed E-state index contributed by atoms with van der Waals surface area (Å²) in [5.74, 6) is 0.944. The molecule has 0 amide bonds. The normalized spacial score (nSPS) is 20.9.